The van der Waals surface area contributed by atoms with E-state index < -0.39 is 0 Å². The standard InChI is InChI=1S/C11H14BrN3S/c1-2-15-7-8(6-14-15)5-9(13)10-3-4-11(12)16-10/h3-4,6-7,9H,2,5,13H2,1H3. The Morgan fingerprint density at radius 1 is 1.56 bits per heavy atom. The Hall–Kier alpha value is -0.650. The topological polar surface area (TPSA) is 43.8 Å². The molecule has 0 fully saturated rings. The summed E-state index contributed by atoms with van der Waals surface area (Å²) in [5.41, 5.74) is 7.34. The molecule has 2 heterocycles. The van der Waals surface area contributed by atoms with Gasteiger partial charge in [0.05, 0.1) is 9.98 Å². The van der Waals surface area contributed by atoms with Gasteiger partial charge in [-0.25, -0.2) is 0 Å². The monoisotopic (exact) mass is 299 g/mol. The van der Waals surface area contributed by atoms with Crippen LogP contribution in [0.5, 0.6) is 0 Å². The maximum Gasteiger partial charge on any atom is 0.0701 e. The van der Waals surface area contributed by atoms with Crippen molar-refractivity contribution in [3.63, 3.8) is 0 Å². The maximum absolute atomic E-state index is 6.14. The Kier molecular flexibility index (Phi) is 3.78. The first-order valence-electron chi connectivity index (χ1n) is 5.21. The molecule has 0 aromatic carbocycles. The normalized spacial score (nSPS) is 12.9. The number of nitrogens with zero attached hydrogens (tertiary/aromatic N) is 2. The zero-order chi connectivity index (χ0) is 11.5. The smallest absolute Gasteiger partial charge is 0.0701 e. The number of hydrogen-bond donors (Lipinski definition) is 1. The first kappa shape index (κ1) is 11.8. The van der Waals surface area contributed by atoms with Crippen molar-refractivity contribution in [3.05, 3.63) is 38.8 Å². The second-order valence-electron chi connectivity index (χ2n) is 3.66. The van der Waals surface area contributed by atoms with Crippen LogP contribution in [0.3, 0.4) is 0 Å². The summed E-state index contributed by atoms with van der Waals surface area (Å²) >= 11 is 5.14. The average molecular weight is 300 g/mol. The Morgan fingerprint density at radius 2 is 2.38 bits per heavy atom. The van der Waals surface area contributed by atoms with E-state index >= 15 is 0 Å². The van der Waals surface area contributed by atoms with Gasteiger partial charge in [0.15, 0.2) is 0 Å². The van der Waals surface area contributed by atoms with E-state index in [4.69, 9.17) is 5.73 Å². The third-order valence-corrected chi connectivity index (χ3v) is 4.18. The highest BCUT2D eigenvalue weighted by Gasteiger charge is 2.10. The molecular weight excluding hydrogens is 286 g/mol. The molecule has 1 atom stereocenters. The van der Waals surface area contributed by atoms with Gasteiger partial charge in [-0.1, -0.05) is 0 Å². The molecule has 0 aliphatic carbocycles. The van der Waals surface area contributed by atoms with Crippen molar-refractivity contribution in [2.24, 2.45) is 5.73 Å². The van der Waals surface area contributed by atoms with E-state index in [0.717, 1.165) is 16.8 Å². The summed E-state index contributed by atoms with van der Waals surface area (Å²) in [4.78, 5) is 1.20. The van der Waals surface area contributed by atoms with Gasteiger partial charge in [0.25, 0.3) is 0 Å². The van der Waals surface area contributed by atoms with E-state index in [9.17, 15) is 0 Å². The van der Waals surface area contributed by atoms with Crippen LogP contribution < -0.4 is 5.73 Å². The molecule has 0 aliphatic rings. The van der Waals surface area contributed by atoms with Gasteiger partial charge in [-0.05, 0) is 47.0 Å². The molecule has 2 aromatic rings. The van der Waals surface area contributed by atoms with Crippen LogP contribution in [0.15, 0.2) is 28.3 Å². The fourth-order valence-electron chi connectivity index (χ4n) is 1.57. The average Bonchev–Trinajstić information content (AvgIpc) is 2.87. The highest BCUT2D eigenvalue weighted by Crippen LogP contribution is 2.27. The number of hydrogen-bond acceptors (Lipinski definition) is 3. The van der Waals surface area contributed by atoms with Gasteiger partial charge in [0.2, 0.25) is 0 Å². The predicted molar refractivity (Wildman–Crippen MR) is 70.6 cm³/mol. The summed E-state index contributed by atoms with van der Waals surface area (Å²) in [6, 6.07) is 4.17. The van der Waals surface area contributed by atoms with Gasteiger partial charge in [0.1, 0.15) is 0 Å². The summed E-state index contributed by atoms with van der Waals surface area (Å²) < 4.78 is 3.05. The second-order valence-corrected chi connectivity index (χ2v) is 6.15. The molecule has 0 spiro atoms. The fraction of sp³-hybridized carbons (Fsp3) is 0.364. The molecule has 3 nitrogen and oxygen atoms in total. The Bertz CT molecular complexity index is 463. The van der Waals surface area contributed by atoms with Crippen LogP contribution in [-0.4, -0.2) is 9.78 Å². The van der Waals surface area contributed by atoms with Gasteiger partial charge in [-0.3, -0.25) is 4.68 Å². The lowest BCUT2D eigenvalue weighted by Crippen LogP contribution is -2.11. The largest absolute Gasteiger partial charge is 0.323 e. The molecule has 2 N–H and O–H groups in total. The lowest BCUT2D eigenvalue weighted by Gasteiger charge is -2.06. The van der Waals surface area contributed by atoms with Crippen LogP contribution >= 0.6 is 27.3 Å². The van der Waals surface area contributed by atoms with Crippen LogP contribution in [-0.2, 0) is 13.0 Å². The van der Waals surface area contributed by atoms with E-state index in [0.29, 0.717) is 0 Å². The van der Waals surface area contributed by atoms with Crippen LogP contribution in [0.2, 0.25) is 0 Å². The zero-order valence-corrected chi connectivity index (χ0v) is 11.5. The van der Waals surface area contributed by atoms with Crippen molar-refractivity contribution in [2.75, 3.05) is 0 Å². The lowest BCUT2D eigenvalue weighted by atomic mass is 10.1. The fourth-order valence-corrected chi connectivity index (χ4v) is 2.99. The molecule has 1 unspecified atom stereocenters. The zero-order valence-electron chi connectivity index (χ0n) is 9.06. The van der Waals surface area contributed by atoms with Gasteiger partial charge in [0, 0.05) is 23.7 Å². The molecular formula is C11H14BrN3S. The Balaban J connectivity index is 2.04. The molecule has 0 radical (unpaired) electrons. The van der Waals surface area contributed by atoms with Crippen LogP contribution in [0.1, 0.15) is 23.4 Å². The number of rotatable bonds is 4. The van der Waals surface area contributed by atoms with E-state index in [1.165, 1.54) is 10.4 Å². The molecule has 0 aliphatic heterocycles. The third-order valence-electron chi connectivity index (χ3n) is 2.43. The Labute approximate surface area is 107 Å². The molecule has 16 heavy (non-hydrogen) atoms. The van der Waals surface area contributed by atoms with Crippen LogP contribution in [0, 0.1) is 0 Å². The quantitative estimate of drug-likeness (QED) is 0.943. The van der Waals surface area contributed by atoms with Gasteiger partial charge < -0.3 is 5.73 Å². The first-order valence-corrected chi connectivity index (χ1v) is 6.82. The number of thiophene rings is 1. The van der Waals surface area contributed by atoms with Crippen LogP contribution in [0.25, 0.3) is 0 Å². The van der Waals surface area contributed by atoms with Crippen molar-refractivity contribution in [1.29, 1.82) is 0 Å². The molecule has 86 valence electrons. The molecule has 0 bridgehead atoms. The molecule has 0 amide bonds. The van der Waals surface area contributed by atoms with Gasteiger partial charge in [-0.2, -0.15) is 5.10 Å². The SMILES string of the molecule is CCn1cc(CC(N)c2ccc(Br)s2)cn1. The highest BCUT2D eigenvalue weighted by molar-refractivity contribution is 9.11. The number of halogens is 1. The maximum atomic E-state index is 6.14. The minimum atomic E-state index is 0.0609. The summed E-state index contributed by atoms with van der Waals surface area (Å²) in [7, 11) is 0. The third kappa shape index (κ3) is 2.72. The van der Waals surface area contributed by atoms with Crippen molar-refractivity contribution in [1.82, 2.24) is 9.78 Å². The first-order chi connectivity index (χ1) is 7.69. The summed E-state index contributed by atoms with van der Waals surface area (Å²) in [6.45, 7) is 2.98. The predicted octanol–water partition coefficient (Wildman–Crippen LogP) is 2.97. The van der Waals surface area contributed by atoms with E-state index in [2.05, 4.69) is 40.2 Å². The lowest BCUT2D eigenvalue weighted by molar-refractivity contribution is 0.657. The molecule has 2 aromatic heterocycles. The van der Waals surface area contributed by atoms with Gasteiger partial charge in [-0.15, -0.1) is 11.3 Å². The van der Waals surface area contributed by atoms with Crippen molar-refractivity contribution in [3.8, 4) is 0 Å². The minimum Gasteiger partial charge on any atom is -0.323 e. The molecule has 0 saturated heterocycles. The minimum absolute atomic E-state index is 0.0609. The summed E-state index contributed by atoms with van der Waals surface area (Å²) in [6.07, 6.45) is 4.79. The van der Waals surface area contributed by atoms with Crippen LogP contribution in [0.4, 0.5) is 0 Å². The highest BCUT2D eigenvalue weighted by atomic mass is 79.9. The number of aryl methyl sites for hydroxylation is 1. The van der Waals surface area contributed by atoms with Crippen molar-refractivity contribution >= 4 is 27.3 Å². The van der Waals surface area contributed by atoms with Gasteiger partial charge >= 0.3 is 0 Å². The van der Waals surface area contributed by atoms with E-state index in [1.54, 1.807) is 11.3 Å². The van der Waals surface area contributed by atoms with E-state index in [1.807, 2.05) is 16.9 Å². The second kappa shape index (κ2) is 5.12. The molecule has 0 saturated carbocycles. The van der Waals surface area contributed by atoms with E-state index in [-0.39, 0.29) is 6.04 Å². The Morgan fingerprint density at radius 3 is 2.94 bits per heavy atom. The number of nitrogens with two attached hydrogens (primary N) is 1. The molecule has 5 heteroatoms. The molecule has 2 rings (SSSR count). The van der Waals surface area contributed by atoms with Crippen molar-refractivity contribution in [2.45, 2.75) is 25.9 Å². The number of aromatic nitrogens is 2. The van der Waals surface area contributed by atoms with Crippen molar-refractivity contribution < 1.29 is 0 Å². The summed E-state index contributed by atoms with van der Waals surface area (Å²) in [5, 5.41) is 4.24. The summed E-state index contributed by atoms with van der Waals surface area (Å²) in [5.74, 6) is 0.